The van der Waals surface area contributed by atoms with Gasteiger partial charge in [0.05, 0.1) is 22.7 Å². The smallest absolute Gasteiger partial charge is 0.164 e. The van der Waals surface area contributed by atoms with Gasteiger partial charge in [-0.2, -0.15) is 0 Å². The molecule has 0 amide bonds. The minimum Gasteiger partial charge on any atom is -0.397 e. The SMILES string of the molecule is Nc1cc2c(cc1N)C1(CC2=O)CC2(c3ccccc3-c3ccccc32)c2cc(N)c(N)cc21. The molecule has 0 fully saturated rings. The fourth-order valence-corrected chi connectivity index (χ4v) is 6.95. The van der Waals surface area contributed by atoms with Crippen molar-refractivity contribution in [2.24, 2.45) is 0 Å². The van der Waals surface area contributed by atoms with E-state index in [1.165, 1.54) is 22.3 Å². The third-order valence-electron chi connectivity index (χ3n) is 8.33. The van der Waals surface area contributed by atoms with Crippen LogP contribution in [0.1, 0.15) is 51.0 Å². The van der Waals surface area contributed by atoms with Crippen LogP contribution in [0.4, 0.5) is 22.7 Å². The molecule has 0 heterocycles. The molecule has 7 rings (SSSR count). The molecule has 0 aliphatic heterocycles. The van der Waals surface area contributed by atoms with Gasteiger partial charge in [0.15, 0.2) is 5.78 Å². The number of ketones is 1. The second kappa shape index (κ2) is 6.00. The van der Waals surface area contributed by atoms with Crippen molar-refractivity contribution in [3.63, 3.8) is 0 Å². The van der Waals surface area contributed by atoms with Gasteiger partial charge in [0.25, 0.3) is 0 Å². The Morgan fingerprint density at radius 3 is 1.68 bits per heavy atom. The molecular formula is C29H24N4O. The van der Waals surface area contributed by atoms with Crippen molar-refractivity contribution in [2.75, 3.05) is 22.9 Å². The van der Waals surface area contributed by atoms with E-state index in [4.69, 9.17) is 22.9 Å². The maximum atomic E-state index is 13.4. The van der Waals surface area contributed by atoms with Crippen LogP contribution >= 0.6 is 0 Å². The lowest BCUT2D eigenvalue weighted by Gasteiger charge is -2.32. The second-order valence-corrected chi connectivity index (χ2v) is 9.91. The molecule has 5 heteroatoms. The van der Waals surface area contributed by atoms with Gasteiger partial charge in [0, 0.05) is 22.8 Å². The topological polar surface area (TPSA) is 121 Å². The van der Waals surface area contributed by atoms with E-state index in [1.807, 2.05) is 18.2 Å². The first-order chi connectivity index (χ1) is 16.4. The van der Waals surface area contributed by atoms with Crippen LogP contribution in [0.5, 0.6) is 0 Å². The average molecular weight is 445 g/mol. The van der Waals surface area contributed by atoms with Crippen LogP contribution in [0, 0.1) is 0 Å². The van der Waals surface area contributed by atoms with Gasteiger partial charge in [0.2, 0.25) is 0 Å². The summed E-state index contributed by atoms with van der Waals surface area (Å²) < 4.78 is 0. The summed E-state index contributed by atoms with van der Waals surface area (Å²) in [5, 5.41) is 0. The molecule has 4 aromatic rings. The van der Waals surface area contributed by atoms with E-state index >= 15 is 0 Å². The summed E-state index contributed by atoms with van der Waals surface area (Å²) in [6.07, 6.45) is 1.06. The van der Waals surface area contributed by atoms with Crippen molar-refractivity contribution < 1.29 is 4.79 Å². The summed E-state index contributed by atoms with van der Waals surface area (Å²) in [4.78, 5) is 13.4. The third-order valence-corrected chi connectivity index (χ3v) is 8.33. The van der Waals surface area contributed by atoms with Gasteiger partial charge in [-0.1, -0.05) is 48.5 Å². The number of Topliss-reactive ketones (excluding diaryl/α,β-unsaturated/α-hetero) is 1. The number of hydrogen-bond donors (Lipinski definition) is 4. The lowest BCUT2D eigenvalue weighted by atomic mass is 9.69. The molecule has 0 radical (unpaired) electrons. The van der Waals surface area contributed by atoms with Crippen molar-refractivity contribution >= 4 is 28.5 Å². The van der Waals surface area contributed by atoms with Gasteiger partial charge < -0.3 is 22.9 Å². The molecule has 3 aliphatic carbocycles. The van der Waals surface area contributed by atoms with E-state index in [-0.39, 0.29) is 5.78 Å². The molecular weight excluding hydrogens is 420 g/mol. The standard InChI is InChI=1S/C29H24N4O/c30-23-9-17-20(10-24(23)31)28(13-27(17)34)14-29(22-12-26(33)25(32)11-21(22)28)18-7-3-1-5-15(18)16-6-2-4-8-19(16)29/h1-12H,13-14,30-33H2. The fraction of sp³-hybridized carbons (Fsp3) is 0.138. The van der Waals surface area contributed by atoms with E-state index in [0.29, 0.717) is 41.2 Å². The van der Waals surface area contributed by atoms with Crippen molar-refractivity contribution in [1.29, 1.82) is 0 Å². The Morgan fingerprint density at radius 2 is 1.06 bits per heavy atom. The molecule has 4 aromatic carbocycles. The van der Waals surface area contributed by atoms with Crippen LogP contribution in [0.15, 0.2) is 72.8 Å². The minimum absolute atomic E-state index is 0.0830. The Balaban J connectivity index is 1.63. The third kappa shape index (κ3) is 2.04. The number of carbonyl (C=O) groups is 1. The number of nitrogens with two attached hydrogens (primary N) is 4. The van der Waals surface area contributed by atoms with Crippen molar-refractivity contribution in [3.8, 4) is 11.1 Å². The van der Waals surface area contributed by atoms with Gasteiger partial charge >= 0.3 is 0 Å². The number of anilines is 4. The van der Waals surface area contributed by atoms with Crippen LogP contribution in [0.3, 0.4) is 0 Å². The molecule has 0 aromatic heterocycles. The van der Waals surface area contributed by atoms with Crippen LogP contribution in [-0.4, -0.2) is 5.78 Å². The molecule has 2 spiro atoms. The van der Waals surface area contributed by atoms with Crippen molar-refractivity contribution in [2.45, 2.75) is 23.7 Å². The molecule has 34 heavy (non-hydrogen) atoms. The van der Waals surface area contributed by atoms with Crippen LogP contribution in [-0.2, 0) is 10.8 Å². The number of benzene rings is 4. The summed E-state index contributed by atoms with van der Waals surface area (Å²) in [5.41, 5.74) is 34.9. The van der Waals surface area contributed by atoms with Crippen LogP contribution < -0.4 is 22.9 Å². The zero-order valence-electron chi connectivity index (χ0n) is 18.6. The summed E-state index contributed by atoms with van der Waals surface area (Å²) >= 11 is 0. The van der Waals surface area contributed by atoms with Crippen molar-refractivity contribution in [3.05, 3.63) is 106 Å². The number of fused-ring (bicyclic) bond motifs is 10. The van der Waals surface area contributed by atoms with E-state index in [9.17, 15) is 4.79 Å². The first-order valence-corrected chi connectivity index (χ1v) is 11.5. The normalized spacial score (nSPS) is 20.4. The lowest BCUT2D eigenvalue weighted by Crippen LogP contribution is -2.29. The minimum atomic E-state index is -0.560. The molecule has 8 N–H and O–H groups in total. The maximum Gasteiger partial charge on any atom is 0.164 e. The van der Waals surface area contributed by atoms with Gasteiger partial charge in [-0.15, -0.1) is 0 Å². The predicted molar refractivity (Wildman–Crippen MR) is 137 cm³/mol. The highest BCUT2D eigenvalue weighted by Crippen LogP contribution is 2.67. The summed E-state index contributed by atoms with van der Waals surface area (Å²) in [6.45, 7) is 0. The molecule has 1 unspecified atom stereocenters. The zero-order valence-corrected chi connectivity index (χ0v) is 18.6. The largest absolute Gasteiger partial charge is 0.397 e. The summed E-state index contributed by atoms with van der Waals surface area (Å²) in [7, 11) is 0. The molecule has 0 bridgehead atoms. The predicted octanol–water partition coefficient (Wildman–Crippen LogP) is 4.61. The number of rotatable bonds is 0. The Hall–Kier alpha value is -4.25. The first-order valence-electron chi connectivity index (χ1n) is 11.5. The molecule has 1 atom stereocenters. The molecule has 3 aliphatic rings. The Morgan fingerprint density at radius 1 is 0.559 bits per heavy atom. The van der Waals surface area contributed by atoms with E-state index < -0.39 is 10.8 Å². The Labute approximate surface area is 197 Å². The average Bonchev–Trinajstić information content (AvgIpc) is 3.38. The van der Waals surface area contributed by atoms with Gasteiger partial charge in [-0.05, 0) is 69.6 Å². The number of carbonyl (C=O) groups excluding carboxylic acids is 1. The highest BCUT2D eigenvalue weighted by Gasteiger charge is 2.61. The highest BCUT2D eigenvalue weighted by molar-refractivity contribution is 6.05. The van der Waals surface area contributed by atoms with Crippen LogP contribution in [0.2, 0.25) is 0 Å². The van der Waals surface area contributed by atoms with E-state index in [1.54, 1.807) is 6.07 Å². The van der Waals surface area contributed by atoms with Gasteiger partial charge in [-0.3, -0.25) is 4.79 Å². The lowest BCUT2D eigenvalue weighted by molar-refractivity contribution is 0.0978. The Kier molecular flexibility index (Phi) is 3.39. The van der Waals surface area contributed by atoms with Crippen molar-refractivity contribution in [1.82, 2.24) is 0 Å². The Bertz CT molecular complexity index is 1540. The second-order valence-electron chi connectivity index (χ2n) is 9.91. The molecule has 5 nitrogen and oxygen atoms in total. The van der Waals surface area contributed by atoms with Crippen LogP contribution in [0.25, 0.3) is 11.1 Å². The molecule has 0 saturated carbocycles. The molecule has 166 valence electrons. The first kappa shape index (κ1) is 19.2. The summed E-state index contributed by atoms with van der Waals surface area (Å²) in [5.74, 6) is 0.0830. The quantitative estimate of drug-likeness (QED) is 0.295. The highest BCUT2D eigenvalue weighted by atomic mass is 16.1. The van der Waals surface area contributed by atoms with Gasteiger partial charge in [0.1, 0.15) is 0 Å². The maximum absolute atomic E-state index is 13.4. The monoisotopic (exact) mass is 444 g/mol. The summed E-state index contributed by atoms with van der Waals surface area (Å²) in [6, 6.07) is 24.8. The number of hydrogen-bond acceptors (Lipinski definition) is 5. The fourth-order valence-electron chi connectivity index (χ4n) is 6.95. The van der Waals surface area contributed by atoms with E-state index in [0.717, 1.165) is 16.7 Å². The number of nitrogen functional groups attached to an aromatic ring is 4. The molecule has 0 saturated heterocycles. The zero-order chi connectivity index (χ0) is 23.4. The van der Waals surface area contributed by atoms with E-state index in [2.05, 4.69) is 48.5 Å². The van der Waals surface area contributed by atoms with Gasteiger partial charge in [-0.25, -0.2) is 0 Å².